The summed E-state index contributed by atoms with van der Waals surface area (Å²) in [4.78, 5) is 7.62. The zero-order valence-corrected chi connectivity index (χ0v) is 63.4. The lowest BCUT2D eigenvalue weighted by Gasteiger charge is -2.38. The van der Waals surface area contributed by atoms with Crippen LogP contribution in [0.25, 0.3) is 43.8 Å². The van der Waals surface area contributed by atoms with Crippen molar-refractivity contribution in [3.8, 4) is 22.3 Å². The number of nitrogens with zero attached hydrogens (tertiary/aromatic N) is 3. The highest BCUT2D eigenvalue weighted by molar-refractivity contribution is 6.88. The third-order valence-corrected chi connectivity index (χ3v) is 24.2. The largest absolute Gasteiger partial charge is 0.311 e. The highest BCUT2D eigenvalue weighted by Gasteiger charge is 2.52. The summed E-state index contributed by atoms with van der Waals surface area (Å²) in [7, 11) is -1.82. The maximum absolute atomic E-state index is 2.68. The van der Waals surface area contributed by atoms with E-state index in [1.54, 1.807) is 0 Å². The first-order valence-electron chi connectivity index (χ1n) is 36.5. The lowest BCUT2D eigenvalue weighted by Crippen LogP contribution is -2.38. The molecule has 0 aromatic heterocycles. The molecular formula is C97H97N3Si. The summed E-state index contributed by atoms with van der Waals surface area (Å²) in [6.07, 6.45) is 0. The molecule has 504 valence electrons. The van der Waals surface area contributed by atoms with Gasteiger partial charge in [0.25, 0.3) is 0 Å². The Labute approximate surface area is 602 Å². The van der Waals surface area contributed by atoms with Crippen molar-refractivity contribution in [3.05, 3.63) is 335 Å². The van der Waals surface area contributed by atoms with Gasteiger partial charge in [0.15, 0.2) is 0 Å². The molecule has 13 aromatic rings. The third-order valence-electron chi connectivity index (χ3n) is 22.1. The van der Waals surface area contributed by atoms with E-state index < -0.39 is 18.9 Å². The Balaban J connectivity index is 1.09. The monoisotopic (exact) mass is 1330 g/mol. The zero-order chi connectivity index (χ0) is 70.9. The smallest absolute Gasteiger partial charge is 0.0775 e. The first-order valence-corrected chi connectivity index (χ1v) is 40.0. The summed E-state index contributed by atoms with van der Waals surface area (Å²) in [6.45, 7) is 40.1. The second-order valence-electron chi connectivity index (χ2n) is 34.3. The van der Waals surface area contributed by atoms with Crippen LogP contribution in [0.2, 0.25) is 19.6 Å². The van der Waals surface area contributed by atoms with Gasteiger partial charge in [-0.3, -0.25) is 0 Å². The Morgan fingerprint density at radius 3 is 1.11 bits per heavy atom. The molecule has 1 atom stereocenters. The van der Waals surface area contributed by atoms with Crippen LogP contribution in [0.3, 0.4) is 0 Å². The van der Waals surface area contributed by atoms with Crippen LogP contribution in [0.15, 0.2) is 279 Å². The van der Waals surface area contributed by atoms with E-state index in [9.17, 15) is 0 Å². The van der Waals surface area contributed by atoms with Crippen molar-refractivity contribution in [2.24, 2.45) is 0 Å². The van der Waals surface area contributed by atoms with Crippen LogP contribution in [0, 0.1) is 0 Å². The van der Waals surface area contributed by atoms with Crippen LogP contribution >= 0.6 is 0 Å². The first kappa shape index (κ1) is 66.9. The van der Waals surface area contributed by atoms with Gasteiger partial charge in [0, 0.05) is 50.3 Å². The zero-order valence-electron chi connectivity index (χ0n) is 62.4. The predicted octanol–water partition coefficient (Wildman–Crippen LogP) is 26.8. The maximum atomic E-state index is 2.68. The number of fused-ring (bicyclic) bond motifs is 9. The van der Waals surface area contributed by atoms with Gasteiger partial charge < -0.3 is 14.7 Å². The second kappa shape index (κ2) is 24.4. The van der Waals surface area contributed by atoms with Crippen molar-refractivity contribution in [3.63, 3.8) is 0 Å². The molecule has 101 heavy (non-hydrogen) atoms. The Morgan fingerprint density at radius 2 is 0.653 bits per heavy atom. The minimum absolute atomic E-state index is 0.00189. The minimum Gasteiger partial charge on any atom is -0.311 e. The Hall–Kier alpha value is -10.0. The van der Waals surface area contributed by atoms with E-state index in [-0.39, 0.29) is 21.7 Å². The molecular weight excluding hydrogens is 1240 g/mol. The molecule has 3 nitrogen and oxygen atoms in total. The molecule has 15 rings (SSSR count). The molecule has 1 unspecified atom stereocenters. The van der Waals surface area contributed by atoms with Crippen LogP contribution < -0.4 is 19.9 Å². The molecule has 0 aliphatic heterocycles. The van der Waals surface area contributed by atoms with Crippen molar-refractivity contribution < 1.29 is 0 Å². The Kier molecular flexibility index (Phi) is 16.1. The van der Waals surface area contributed by atoms with Crippen LogP contribution in [-0.2, 0) is 32.5 Å². The fourth-order valence-electron chi connectivity index (χ4n) is 16.4. The van der Waals surface area contributed by atoms with Crippen molar-refractivity contribution in [2.75, 3.05) is 14.7 Å². The van der Waals surface area contributed by atoms with Crippen molar-refractivity contribution in [2.45, 2.75) is 149 Å². The van der Waals surface area contributed by atoms with Gasteiger partial charge in [-0.15, -0.1) is 0 Å². The second-order valence-corrected chi connectivity index (χ2v) is 39.4. The predicted molar refractivity (Wildman–Crippen MR) is 438 cm³/mol. The van der Waals surface area contributed by atoms with Crippen LogP contribution in [0.4, 0.5) is 51.2 Å². The first-order chi connectivity index (χ1) is 48.0. The van der Waals surface area contributed by atoms with E-state index in [0.717, 1.165) is 45.5 Å². The number of hydrogen-bond acceptors (Lipinski definition) is 3. The van der Waals surface area contributed by atoms with Gasteiger partial charge in [0.2, 0.25) is 0 Å². The normalized spacial score (nSPS) is 14.9. The van der Waals surface area contributed by atoms with Gasteiger partial charge >= 0.3 is 0 Å². The van der Waals surface area contributed by atoms with E-state index in [4.69, 9.17) is 0 Å². The molecule has 4 heteroatoms. The lowest BCUT2D eigenvalue weighted by molar-refractivity contribution is 0.590. The Morgan fingerprint density at radius 1 is 0.287 bits per heavy atom. The molecule has 2 aliphatic carbocycles. The number of benzene rings is 13. The number of anilines is 9. The van der Waals surface area contributed by atoms with E-state index in [0.29, 0.717) is 0 Å². The molecule has 0 N–H and O–H groups in total. The molecule has 0 radical (unpaired) electrons. The molecule has 0 saturated heterocycles. The molecule has 0 heterocycles. The summed E-state index contributed by atoms with van der Waals surface area (Å²) in [5, 5.41) is 6.22. The van der Waals surface area contributed by atoms with Gasteiger partial charge in [-0.25, -0.2) is 0 Å². The summed E-state index contributed by atoms with van der Waals surface area (Å²) in [5.41, 5.74) is 26.5. The van der Waals surface area contributed by atoms with Crippen LogP contribution in [0.5, 0.6) is 0 Å². The molecule has 0 fully saturated rings. The highest BCUT2D eigenvalue weighted by Crippen LogP contribution is 2.66. The van der Waals surface area contributed by atoms with Gasteiger partial charge in [0.05, 0.1) is 30.6 Å². The topological polar surface area (TPSA) is 9.72 Å². The summed E-state index contributed by atoms with van der Waals surface area (Å²) < 4.78 is 0. The van der Waals surface area contributed by atoms with E-state index in [1.807, 2.05) is 0 Å². The average molecular weight is 1330 g/mol. The van der Waals surface area contributed by atoms with E-state index in [1.165, 1.54) is 110 Å². The summed E-state index contributed by atoms with van der Waals surface area (Å²) in [6, 6.07) is 108. The fraction of sp³-hybridized carbons (Fsp3) is 0.237. The van der Waals surface area contributed by atoms with Crippen LogP contribution in [0.1, 0.15) is 153 Å². The molecule has 0 spiro atoms. The molecule has 0 amide bonds. The fourth-order valence-corrected chi connectivity index (χ4v) is 17.6. The molecule has 13 aromatic carbocycles. The van der Waals surface area contributed by atoms with Gasteiger partial charge in [-0.2, -0.15) is 0 Å². The van der Waals surface area contributed by atoms with Gasteiger partial charge in [-0.1, -0.05) is 310 Å². The van der Waals surface area contributed by atoms with E-state index >= 15 is 0 Å². The van der Waals surface area contributed by atoms with Crippen molar-refractivity contribution in [1.82, 2.24) is 0 Å². The average Bonchev–Trinajstić information content (AvgIpc) is 1.50. The number of hydrogen-bond donors (Lipinski definition) is 0. The minimum atomic E-state index is -1.82. The Bertz CT molecular complexity index is 5230. The number of rotatable bonds is 12. The quantitative estimate of drug-likeness (QED) is 0.113. The summed E-state index contributed by atoms with van der Waals surface area (Å²) in [5.74, 6) is 0. The SMILES string of the molecule is CC(C)(C)c1ccc(N(c2ccc(C(C)(C)C)cc2)c2ccc(C3(c4ccc([Si](C)(C)C)cc4)c4cc(N(c5ccc(C(C)(C)C)cc5)c5cccc6ccccc56)ccc4-c4c3cc(N(c3ccc(C(C)(C)C)cc3)c3cccc5ccccc35)c3c4-c4ccccc4C3(C)C)cc2)cc1. The third kappa shape index (κ3) is 11.5. The van der Waals surface area contributed by atoms with Crippen LogP contribution in [-0.4, -0.2) is 8.07 Å². The standard InChI is InChI=1S/C97H97N3Si/c1-92(2,3)66-36-48-72(49-37-66)98(73-50-38-67(39-51-73)93(4,5)6)74-56-44-70(45-57-74)97(71-46-59-78(60-47-71)101(15,16)17)84-62-77(99(75-52-40-68(41-53-75)94(7,8)9)86-34-24-28-64-26-18-20-30-79(64)86)58-61-82(84)89-85(97)63-88(91-90(89)81-32-22-23-33-83(81)96(91,13)14)100(76-54-42-69(43-55-76)95(10,11)12)87-35-25-29-65-27-19-21-31-80(65)87/h18-63H,1-17H3. The molecule has 0 saturated carbocycles. The van der Waals surface area contributed by atoms with E-state index in [2.05, 4.69) is 410 Å². The molecule has 0 bridgehead atoms. The van der Waals surface area contributed by atoms with Crippen molar-refractivity contribution >= 4 is 86.0 Å². The van der Waals surface area contributed by atoms with Gasteiger partial charge in [0.1, 0.15) is 0 Å². The summed E-state index contributed by atoms with van der Waals surface area (Å²) >= 11 is 0. The maximum Gasteiger partial charge on any atom is 0.0775 e. The van der Waals surface area contributed by atoms with Crippen molar-refractivity contribution in [1.29, 1.82) is 0 Å². The van der Waals surface area contributed by atoms with Gasteiger partial charge in [-0.05, 0) is 201 Å². The highest BCUT2D eigenvalue weighted by atomic mass is 28.3. The lowest BCUT2D eigenvalue weighted by atomic mass is 9.67. The molecule has 2 aliphatic rings.